The third-order valence-electron chi connectivity index (χ3n) is 18.0. The predicted molar refractivity (Wildman–Crippen MR) is 357 cm³/mol. The molecule has 2 aromatic heterocycles. The molecular weight excluding hydrogens is 1050 g/mol. The largest absolute Gasteiger partial charge is 0.456 e. The lowest BCUT2D eigenvalue weighted by atomic mass is 9.68. The fraction of sp³-hybridized carbons (Fsp3) is 0.0370. The van der Waals surface area contributed by atoms with Crippen LogP contribution in [0.4, 0.5) is 34.1 Å². The number of hydrogen-bond acceptors (Lipinski definition) is 4. The molecule has 14 aromatic rings. The van der Waals surface area contributed by atoms with Crippen LogP contribution in [0.15, 0.2) is 314 Å². The zero-order valence-corrected chi connectivity index (χ0v) is 47.7. The van der Waals surface area contributed by atoms with Crippen molar-refractivity contribution in [3.63, 3.8) is 0 Å². The first-order chi connectivity index (χ1) is 42.1. The standard InChI is InChI=1S/C81H56N2OS/c1-3-4-48-75-54(2)77-70(45-26-49-76(77)85-75)83(71-43-24-42-69-78(71)63-38-18-21-41-67(63)81(69,57-31-13-7-14-32-57)58-33-15-8-16-34-58)60-36-23-35-59(52-60)82(72-44-25-47-74-79(72)64-39-19-22-46-73(64)84-74)61-50-51-68-65(53-61)62-37-17-20-40-66(62)80(68,55-27-9-5-10-28-55)56-29-11-6-12-30-56/h3-53H,1H2,2H3/b48-4-. The Morgan fingerprint density at radius 1 is 0.388 bits per heavy atom. The molecule has 0 aliphatic heterocycles. The zero-order valence-electron chi connectivity index (χ0n) is 46.9. The van der Waals surface area contributed by atoms with Gasteiger partial charge in [0.15, 0.2) is 0 Å². The van der Waals surface area contributed by atoms with E-state index >= 15 is 0 Å². The van der Waals surface area contributed by atoms with Crippen molar-refractivity contribution in [2.24, 2.45) is 0 Å². The van der Waals surface area contributed by atoms with Crippen molar-refractivity contribution in [3.05, 3.63) is 365 Å². The first-order valence-electron chi connectivity index (χ1n) is 29.2. The average molecular weight is 1110 g/mol. The number of nitrogens with zero attached hydrogens (tertiary/aromatic N) is 2. The van der Waals surface area contributed by atoms with E-state index in [1.165, 1.54) is 87.3 Å². The molecule has 0 amide bonds. The molecule has 0 bridgehead atoms. The number of fused-ring (bicyclic) bond motifs is 10. The van der Waals surface area contributed by atoms with Crippen LogP contribution in [0.25, 0.3) is 60.4 Å². The highest BCUT2D eigenvalue weighted by Gasteiger charge is 2.48. The smallest absolute Gasteiger partial charge is 0.137 e. The number of hydrogen-bond donors (Lipinski definition) is 0. The third kappa shape index (κ3) is 7.52. The molecule has 0 unspecified atom stereocenters. The van der Waals surface area contributed by atoms with Crippen molar-refractivity contribution in [2.75, 3.05) is 9.80 Å². The number of rotatable bonds is 12. The monoisotopic (exact) mass is 1100 g/mol. The maximum absolute atomic E-state index is 6.72. The summed E-state index contributed by atoms with van der Waals surface area (Å²) in [5.74, 6) is 0. The Morgan fingerprint density at radius 3 is 1.54 bits per heavy atom. The Balaban J connectivity index is 0.977. The molecule has 402 valence electrons. The first kappa shape index (κ1) is 50.2. The SMILES string of the molecule is C=C/C=C\c1sc2cccc(N(c3cccc(N(c4ccc5c(c4)-c4ccccc4C5(c4ccccc4)c4ccccc4)c4cccc5oc6ccccc6c45)c3)c3cccc4c3-c3ccccc3C4(c3ccccc3)c3ccccc3)c2c1C. The van der Waals surface area contributed by atoms with E-state index in [9.17, 15) is 0 Å². The number of aryl methyl sites for hydroxylation is 1. The van der Waals surface area contributed by atoms with Crippen molar-refractivity contribution in [2.45, 2.75) is 17.8 Å². The van der Waals surface area contributed by atoms with Gasteiger partial charge in [0.1, 0.15) is 11.2 Å². The Kier molecular flexibility index (Phi) is 11.9. The summed E-state index contributed by atoms with van der Waals surface area (Å²) in [5.41, 5.74) is 22.9. The number of allylic oxidation sites excluding steroid dienone is 2. The van der Waals surface area contributed by atoms with Crippen LogP contribution in [0, 0.1) is 6.92 Å². The Labute approximate surface area is 499 Å². The zero-order chi connectivity index (χ0) is 56.6. The second kappa shape index (κ2) is 20.1. The van der Waals surface area contributed by atoms with Crippen LogP contribution in [0.1, 0.15) is 54.9 Å². The average Bonchev–Trinajstić information content (AvgIpc) is 1.78. The number of benzene rings is 12. The quantitative estimate of drug-likeness (QED) is 0.114. The van der Waals surface area contributed by atoms with Crippen molar-refractivity contribution in [3.8, 4) is 22.3 Å². The summed E-state index contributed by atoms with van der Waals surface area (Å²) >= 11 is 1.82. The molecule has 2 heterocycles. The molecular formula is C81H56N2OS. The lowest BCUT2D eigenvalue weighted by Gasteiger charge is -2.35. The van der Waals surface area contributed by atoms with Crippen molar-refractivity contribution >= 4 is 83.6 Å². The van der Waals surface area contributed by atoms with Crippen molar-refractivity contribution < 1.29 is 4.42 Å². The molecule has 12 aromatic carbocycles. The van der Waals surface area contributed by atoms with E-state index < -0.39 is 10.8 Å². The van der Waals surface area contributed by atoms with Gasteiger partial charge in [0.2, 0.25) is 0 Å². The Bertz CT molecular complexity index is 4860. The second-order valence-electron chi connectivity index (χ2n) is 22.3. The lowest BCUT2D eigenvalue weighted by molar-refractivity contribution is 0.669. The van der Waals surface area contributed by atoms with E-state index in [0.717, 1.165) is 56.1 Å². The van der Waals surface area contributed by atoms with Gasteiger partial charge >= 0.3 is 0 Å². The summed E-state index contributed by atoms with van der Waals surface area (Å²) in [5, 5.41) is 3.33. The molecule has 0 saturated heterocycles. The molecule has 0 spiro atoms. The van der Waals surface area contributed by atoms with Gasteiger partial charge in [0, 0.05) is 43.0 Å². The minimum absolute atomic E-state index is 0.547. The van der Waals surface area contributed by atoms with Gasteiger partial charge in [-0.1, -0.05) is 243 Å². The second-order valence-corrected chi connectivity index (χ2v) is 23.3. The third-order valence-corrected chi connectivity index (χ3v) is 19.2. The first-order valence-corrected chi connectivity index (χ1v) is 30.0. The number of para-hydroxylation sites is 1. The van der Waals surface area contributed by atoms with E-state index in [4.69, 9.17) is 4.42 Å². The van der Waals surface area contributed by atoms with E-state index in [1.807, 2.05) is 23.5 Å². The molecule has 0 atom stereocenters. The van der Waals surface area contributed by atoms with Gasteiger partial charge in [-0.05, 0) is 146 Å². The van der Waals surface area contributed by atoms with Crippen LogP contribution >= 0.6 is 11.3 Å². The predicted octanol–water partition coefficient (Wildman–Crippen LogP) is 22.0. The Morgan fingerprint density at radius 2 is 0.871 bits per heavy atom. The molecule has 4 heteroatoms. The van der Waals surface area contributed by atoms with Gasteiger partial charge in [-0.15, -0.1) is 11.3 Å². The lowest BCUT2D eigenvalue weighted by Crippen LogP contribution is -2.28. The fourth-order valence-corrected chi connectivity index (χ4v) is 15.7. The normalized spacial score (nSPS) is 13.4. The van der Waals surface area contributed by atoms with E-state index in [0.29, 0.717) is 0 Å². The minimum atomic E-state index is -0.599. The highest BCUT2D eigenvalue weighted by Crippen LogP contribution is 2.61. The van der Waals surface area contributed by atoms with Crippen LogP contribution < -0.4 is 9.80 Å². The summed E-state index contributed by atoms with van der Waals surface area (Å²) in [6.45, 7) is 6.32. The minimum Gasteiger partial charge on any atom is -0.456 e. The molecule has 0 saturated carbocycles. The van der Waals surface area contributed by atoms with Gasteiger partial charge in [0.05, 0.1) is 33.3 Å². The van der Waals surface area contributed by atoms with Crippen LogP contribution in [0.5, 0.6) is 0 Å². The van der Waals surface area contributed by atoms with Gasteiger partial charge in [-0.25, -0.2) is 0 Å². The van der Waals surface area contributed by atoms with Crippen LogP contribution in [-0.2, 0) is 10.8 Å². The van der Waals surface area contributed by atoms with Gasteiger partial charge < -0.3 is 14.2 Å². The molecule has 85 heavy (non-hydrogen) atoms. The van der Waals surface area contributed by atoms with Crippen LogP contribution in [0.3, 0.4) is 0 Å². The van der Waals surface area contributed by atoms with E-state index in [2.05, 4.69) is 321 Å². The molecule has 0 fully saturated rings. The number of thiophene rings is 1. The van der Waals surface area contributed by atoms with Crippen LogP contribution in [0.2, 0.25) is 0 Å². The van der Waals surface area contributed by atoms with Crippen LogP contribution in [-0.4, -0.2) is 0 Å². The topological polar surface area (TPSA) is 19.6 Å². The summed E-state index contributed by atoms with van der Waals surface area (Å²) in [6.07, 6.45) is 6.11. The summed E-state index contributed by atoms with van der Waals surface area (Å²) in [7, 11) is 0. The van der Waals surface area contributed by atoms with Crippen molar-refractivity contribution in [1.29, 1.82) is 0 Å². The summed E-state index contributed by atoms with van der Waals surface area (Å²) in [4.78, 5) is 6.22. The summed E-state index contributed by atoms with van der Waals surface area (Å²) in [6, 6.07) is 108. The van der Waals surface area contributed by atoms with E-state index in [1.54, 1.807) is 0 Å². The van der Waals surface area contributed by atoms with Crippen molar-refractivity contribution in [1.82, 2.24) is 0 Å². The highest BCUT2D eigenvalue weighted by molar-refractivity contribution is 7.20. The molecule has 16 rings (SSSR count). The molecule has 2 aliphatic rings. The fourth-order valence-electron chi connectivity index (χ4n) is 14.6. The maximum Gasteiger partial charge on any atom is 0.137 e. The molecule has 2 aliphatic carbocycles. The van der Waals surface area contributed by atoms with Gasteiger partial charge in [-0.2, -0.15) is 0 Å². The summed E-state index contributed by atoms with van der Waals surface area (Å²) < 4.78 is 7.94. The van der Waals surface area contributed by atoms with E-state index in [-0.39, 0.29) is 0 Å². The Hall–Kier alpha value is -10.5. The molecule has 0 radical (unpaired) electrons. The van der Waals surface area contributed by atoms with Gasteiger partial charge in [0.25, 0.3) is 0 Å². The molecule has 3 nitrogen and oxygen atoms in total. The number of furan rings is 1. The maximum atomic E-state index is 6.72. The highest BCUT2D eigenvalue weighted by atomic mass is 32.1. The molecule has 0 N–H and O–H groups in total. The van der Waals surface area contributed by atoms with Gasteiger partial charge in [-0.3, -0.25) is 0 Å². The number of anilines is 6.